The summed E-state index contributed by atoms with van der Waals surface area (Å²) in [5.41, 5.74) is 1.79. The number of aliphatic imine (C=N–C) groups is 1. The highest BCUT2D eigenvalue weighted by molar-refractivity contribution is 5.94. The Labute approximate surface area is 128 Å². The molecule has 1 aliphatic heterocycles. The van der Waals surface area contributed by atoms with Gasteiger partial charge in [-0.05, 0) is 25.1 Å². The van der Waals surface area contributed by atoms with Gasteiger partial charge in [-0.1, -0.05) is 0 Å². The molecule has 2 heterocycles. The minimum atomic E-state index is 0. The van der Waals surface area contributed by atoms with Crippen molar-refractivity contribution in [2.24, 2.45) is 4.99 Å². The molecular weight excluding hydrogens is 294 g/mol. The van der Waals surface area contributed by atoms with Gasteiger partial charge in [-0.3, -0.25) is 10.3 Å². The zero-order valence-corrected chi connectivity index (χ0v) is 12.6. The predicted molar refractivity (Wildman–Crippen MR) is 85.6 cm³/mol. The van der Waals surface area contributed by atoms with Crippen molar-refractivity contribution in [3.63, 3.8) is 0 Å². The number of nitrogens with zero attached hydrogens (tertiary/aromatic N) is 3. The van der Waals surface area contributed by atoms with E-state index in [1.807, 2.05) is 25.1 Å². The normalized spacial score (nSPS) is 12.8. The number of methoxy groups -OCH3 is 1. The smallest absolute Gasteiger partial charge is 0.230 e. The number of aromatic nitrogens is 2. The number of fused-ring (bicyclic) bond motifs is 1. The maximum Gasteiger partial charge on any atom is 0.230 e. The van der Waals surface area contributed by atoms with Crippen molar-refractivity contribution in [1.29, 1.82) is 0 Å². The first-order valence-electron chi connectivity index (χ1n) is 6.14. The van der Waals surface area contributed by atoms with Gasteiger partial charge < -0.3 is 15.5 Å². The number of anilines is 1. The molecule has 0 amide bonds. The van der Waals surface area contributed by atoms with Gasteiger partial charge in [-0.25, -0.2) is 9.97 Å². The molecule has 0 saturated carbocycles. The molecule has 0 aliphatic carbocycles. The lowest BCUT2D eigenvalue weighted by molar-refractivity contribution is 0.415. The van der Waals surface area contributed by atoms with Crippen LogP contribution in [-0.4, -0.2) is 41.6 Å². The molecule has 0 saturated heterocycles. The highest BCUT2D eigenvalue weighted by atomic mass is 35.5. The molecule has 0 bridgehead atoms. The summed E-state index contributed by atoms with van der Waals surface area (Å²) in [4.78, 5) is 13.2. The van der Waals surface area contributed by atoms with E-state index >= 15 is 0 Å². The number of hydrogen-bond donors (Lipinski definition) is 2. The van der Waals surface area contributed by atoms with E-state index in [1.165, 1.54) is 0 Å². The van der Waals surface area contributed by atoms with Gasteiger partial charge in [0.15, 0.2) is 5.96 Å². The van der Waals surface area contributed by atoms with Crippen molar-refractivity contribution < 1.29 is 10.2 Å². The number of benzene rings is 1. The molecule has 0 spiro atoms. The Morgan fingerprint density at radius 2 is 2.10 bits per heavy atom. The summed E-state index contributed by atoms with van der Waals surface area (Å²) in [5, 5.41) is 7.21. The standard InChI is InChI=1S/C13H15N5O.ClH.H2O/c1-8-10-7-9(19-2)3-4-11(10)17-13(16-8)18-12-14-5-6-15-12;;/h3-4,7H,5-6H2,1-2H3,(H2,14,15,16,17,18);1H;1H2. The average molecular weight is 312 g/mol. The first-order chi connectivity index (χ1) is 9.26. The van der Waals surface area contributed by atoms with E-state index < -0.39 is 0 Å². The van der Waals surface area contributed by atoms with Crippen molar-refractivity contribution in [3.8, 4) is 5.75 Å². The second-order valence-electron chi connectivity index (χ2n) is 4.30. The van der Waals surface area contributed by atoms with Crippen LogP contribution in [0.1, 0.15) is 5.69 Å². The highest BCUT2D eigenvalue weighted by Gasteiger charge is 2.09. The maximum atomic E-state index is 5.21. The van der Waals surface area contributed by atoms with E-state index in [4.69, 9.17) is 4.74 Å². The number of hydrogen-bond acceptors (Lipinski definition) is 6. The number of guanidine groups is 1. The number of aryl methyl sites for hydroxylation is 1. The molecule has 1 aromatic carbocycles. The van der Waals surface area contributed by atoms with Crippen LogP contribution in [0, 0.1) is 6.92 Å². The third kappa shape index (κ3) is 3.50. The molecule has 0 unspecified atom stereocenters. The number of halogens is 1. The van der Waals surface area contributed by atoms with Crippen LogP contribution < -0.4 is 15.4 Å². The number of nitrogens with one attached hydrogen (secondary N) is 2. The zero-order valence-electron chi connectivity index (χ0n) is 11.8. The Kier molecular flexibility index (Phi) is 5.69. The van der Waals surface area contributed by atoms with Crippen molar-refractivity contribution in [3.05, 3.63) is 23.9 Å². The number of ether oxygens (including phenoxy) is 1. The first-order valence-corrected chi connectivity index (χ1v) is 6.14. The summed E-state index contributed by atoms with van der Waals surface area (Å²) in [6.07, 6.45) is 0. The minimum absolute atomic E-state index is 0. The molecule has 114 valence electrons. The molecule has 4 N–H and O–H groups in total. The SMILES string of the molecule is COc1ccc2nc(NC3=NCCN3)nc(C)c2c1.Cl.O. The number of rotatable bonds is 2. The van der Waals surface area contributed by atoms with Gasteiger partial charge >= 0.3 is 0 Å². The first kappa shape index (κ1) is 16.9. The van der Waals surface area contributed by atoms with Crippen LogP contribution in [0.4, 0.5) is 5.95 Å². The third-order valence-electron chi connectivity index (χ3n) is 3.00. The Morgan fingerprint density at radius 3 is 2.76 bits per heavy atom. The summed E-state index contributed by atoms with van der Waals surface area (Å²) < 4.78 is 5.21. The van der Waals surface area contributed by atoms with Gasteiger partial charge in [0.05, 0.1) is 24.9 Å². The second kappa shape index (κ2) is 7.05. The largest absolute Gasteiger partial charge is 0.497 e. The fraction of sp³-hybridized carbons (Fsp3) is 0.308. The second-order valence-corrected chi connectivity index (χ2v) is 4.30. The van der Waals surface area contributed by atoms with E-state index in [2.05, 4.69) is 25.6 Å². The van der Waals surface area contributed by atoms with Crippen molar-refractivity contribution in [2.45, 2.75) is 6.92 Å². The summed E-state index contributed by atoms with van der Waals surface area (Å²) in [7, 11) is 1.65. The fourth-order valence-corrected chi connectivity index (χ4v) is 2.03. The summed E-state index contributed by atoms with van der Waals surface area (Å²) >= 11 is 0. The maximum absolute atomic E-state index is 5.21. The molecule has 0 atom stereocenters. The van der Waals surface area contributed by atoms with Crippen molar-refractivity contribution >= 4 is 35.2 Å². The molecular formula is C13H18ClN5O2. The summed E-state index contributed by atoms with van der Waals surface area (Å²) in [5.74, 6) is 2.09. The average Bonchev–Trinajstić information content (AvgIpc) is 2.91. The fourth-order valence-electron chi connectivity index (χ4n) is 2.03. The van der Waals surface area contributed by atoms with Crippen LogP contribution >= 0.6 is 12.4 Å². The van der Waals surface area contributed by atoms with E-state index in [-0.39, 0.29) is 17.9 Å². The van der Waals surface area contributed by atoms with Crippen LogP contribution in [-0.2, 0) is 0 Å². The Bertz CT molecular complexity index is 662. The molecule has 1 aromatic heterocycles. The van der Waals surface area contributed by atoms with Gasteiger partial charge in [0, 0.05) is 11.9 Å². The predicted octanol–water partition coefficient (Wildman–Crippen LogP) is 0.915. The highest BCUT2D eigenvalue weighted by Crippen LogP contribution is 2.22. The van der Waals surface area contributed by atoms with Gasteiger partial charge in [0.25, 0.3) is 0 Å². The summed E-state index contributed by atoms with van der Waals surface area (Å²) in [6.45, 7) is 3.59. The Hall–Kier alpha value is -2.12. The van der Waals surface area contributed by atoms with E-state index in [0.29, 0.717) is 5.95 Å². The topological polar surface area (TPSA) is 103 Å². The van der Waals surface area contributed by atoms with Gasteiger partial charge in [-0.15, -0.1) is 12.4 Å². The monoisotopic (exact) mass is 311 g/mol. The van der Waals surface area contributed by atoms with Gasteiger partial charge in [0.1, 0.15) is 5.75 Å². The molecule has 3 rings (SSSR count). The molecule has 0 radical (unpaired) electrons. The lowest BCUT2D eigenvalue weighted by Crippen LogP contribution is -2.27. The van der Waals surface area contributed by atoms with Gasteiger partial charge in [0.2, 0.25) is 5.95 Å². The van der Waals surface area contributed by atoms with Gasteiger partial charge in [-0.2, -0.15) is 0 Å². The Balaban J connectivity index is 0.00000110. The zero-order chi connectivity index (χ0) is 13.2. The molecule has 2 aromatic rings. The molecule has 21 heavy (non-hydrogen) atoms. The quantitative estimate of drug-likeness (QED) is 0.858. The van der Waals surface area contributed by atoms with Crippen LogP contribution in [0.25, 0.3) is 10.9 Å². The molecule has 1 aliphatic rings. The van der Waals surface area contributed by atoms with Crippen LogP contribution in [0.2, 0.25) is 0 Å². The minimum Gasteiger partial charge on any atom is -0.497 e. The lowest BCUT2D eigenvalue weighted by atomic mass is 10.2. The third-order valence-corrected chi connectivity index (χ3v) is 3.00. The van der Waals surface area contributed by atoms with Crippen molar-refractivity contribution in [2.75, 3.05) is 25.5 Å². The lowest BCUT2D eigenvalue weighted by Gasteiger charge is -2.09. The Morgan fingerprint density at radius 1 is 1.29 bits per heavy atom. The van der Waals surface area contributed by atoms with E-state index in [9.17, 15) is 0 Å². The van der Waals surface area contributed by atoms with Crippen molar-refractivity contribution in [1.82, 2.24) is 15.3 Å². The van der Waals surface area contributed by atoms with Crippen LogP contribution in [0.15, 0.2) is 23.2 Å². The van der Waals surface area contributed by atoms with Crippen LogP contribution in [0.3, 0.4) is 0 Å². The molecule has 8 heteroatoms. The molecule has 0 fully saturated rings. The van der Waals surface area contributed by atoms with Crippen LogP contribution in [0.5, 0.6) is 5.75 Å². The van der Waals surface area contributed by atoms with E-state index in [0.717, 1.165) is 41.4 Å². The van der Waals surface area contributed by atoms with E-state index in [1.54, 1.807) is 7.11 Å². The molecule has 7 nitrogen and oxygen atoms in total. The summed E-state index contributed by atoms with van der Waals surface area (Å²) in [6, 6.07) is 5.77.